The highest BCUT2D eigenvalue weighted by Crippen LogP contribution is 2.41. The second-order valence-electron chi connectivity index (χ2n) is 16.3. The van der Waals surface area contributed by atoms with Gasteiger partial charge in [0.05, 0.1) is 71.6 Å². The van der Waals surface area contributed by atoms with Crippen LogP contribution in [0.4, 0.5) is 49.0 Å². The molecular formula is C49H47ClF2N14O4. The molecule has 0 bridgehead atoms. The predicted molar refractivity (Wildman–Crippen MR) is 261 cm³/mol. The maximum absolute atomic E-state index is 13.6. The summed E-state index contributed by atoms with van der Waals surface area (Å²) in [6, 6.07) is 18.9. The third-order valence-electron chi connectivity index (χ3n) is 10.9. The molecule has 0 aliphatic heterocycles. The summed E-state index contributed by atoms with van der Waals surface area (Å²) in [5, 5.41) is 18.7. The summed E-state index contributed by atoms with van der Waals surface area (Å²) < 4.78 is 40.2. The molecule has 21 heteroatoms. The van der Waals surface area contributed by atoms with Gasteiger partial charge in [-0.2, -0.15) is 10.2 Å². The number of nitrogen functional groups attached to an aromatic ring is 1. The van der Waals surface area contributed by atoms with Gasteiger partial charge >= 0.3 is 0 Å². The number of para-hydroxylation sites is 2. The van der Waals surface area contributed by atoms with Crippen LogP contribution in [0.15, 0.2) is 104 Å². The quantitative estimate of drug-likeness (QED) is 0.0587. The molecule has 0 amide bonds. The number of benzene rings is 2. The van der Waals surface area contributed by atoms with Gasteiger partial charge in [-0.3, -0.25) is 19.0 Å². The number of hydrogen-bond acceptors (Lipinski definition) is 16. The van der Waals surface area contributed by atoms with Crippen LogP contribution in [0.25, 0.3) is 22.8 Å². The number of ether oxygens (including phenoxy) is 2. The average Bonchev–Trinajstić information content (AvgIpc) is 4.30. The third kappa shape index (κ3) is 11.6. The summed E-state index contributed by atoms with van der Waals surface area (Å²) in [5.41, 5.74) is 10.6. The first-order valence-electron chi connectivity index (χ1n) is 21.9. The second-order valence-corrected chi connectivity index (χ2v) is 16.7. The molecule has 6 aromatic heterocycles. The number of nitrogens with two attached hydrogens (primary N) is 1. The lowest BCUT2D eigenvalue weighted by atomic mass is 10.1. The summed E-state index contributed by atoms with van der Waals surface area (Å²) in [4.78, 5) is 50.3. The van der Waals surface area contributed by atoms with E-state index in [-0.39, 0.29) is 35.0 Å². The molecule has 18 nitrogen and oxygen atoms in total. The molecule has 5 N–H and O–H groups in total. The fourth-order valence-electron chi connectivity index (χ4n) is 7.09. The van der Waals surface area contributed by atoms with Crippen molar-refractivity contribution in [3.63, 3.8) is 0 Å². The van der Waals surface area contributed by atoms with Gasteiger partial charge in [-0.1, -0.05) is 23.7 Å². The van der Waals surface area contributed by atoms with Crippen LogP contribution in [-0.2, 0) is 14.1 Å². The van der Waals surface area contributed by atoms with Crippen LogP contribution in [0.2, 0.25) is 5.15 Å². The number of Topliss-reactive ketones (excluding diaryl/α,β-unsaturated/α-hetero) is 2. The molecule has 8 aromatic rings. The first-order valence-corrected chi connectivity index (χ1v) is 22.3. The van der Waals surface area contributed by atoms with E-state index in [0.717, 1.165) is 43.6 Å². The van der Waals surface area contributed by atoms with Gasteiger partial charge in [-0.15, -0.1) is 0 Å². The van der Waals surface area contributed by atoms with Crippen LogP contribution in [0.3, 0.4) is 0 Å². The summed E-state index contributed by atoms with van der Waals surface area (Å²) >= 11 is 6.07. The van der Waals surface area contributed by atoms with E-state index in [1.807, 2.05) is 36.4 Å². The van der Waals surface area contributed by atoms with Crippen molar-refractivity contribution in [1.29, 1.82) is 0 Å². The Hall–Kier alpha value is -8.39. The number of nitrogens with one attached hydrogen (secondary N) is 3. The van der Waals surface area contributed by atoms with Gasteiger partial charge in [0.15, 0.2) is 34.7 Å². The highest BCUT2D eigenvalue weighted by Gasteiger charge is 2.33. The first kappa shape index (κ1) is 48.1. The third-order valence-corrected chi connectivity index (χ3v) is 11.1. The molecule has 0 atom stereocenters. The Morgan fingerprint density at radius 2 is 1.16 bits per heavy atom. The molecule has 0 spiro atoms. The summed E-state index contributed by atoms with van der Waals surface area (Å²) in [6.45, 7) is 1.66. The van der Waals surface area contributed by atoms with Gasteiger partial charge in [0.25, 0.3) is 0 Å². The van der Waals surface area contributed by atoms with Crippen molar-refractivity contribution in [1.82, 2.24) is 49.5 Å². The smallest absolute Gasteiger partial charge is 0.184 e. The lowest BCUT2D eigenvalue weighted by molar-refractivity contribution is 0.0960. The number of methoxy groups -OCH3 is 2. The van der Waals surface area contributed by atoms with Crippen LogP contribution >= 0.6 is 11.6 Å². The lowest BCUT2D eigenvalue weighted by Gasteiger charge is -2.17. The highest BCUT2D eigenvalue weighted by molar-refractivity contribution is 6.30. The van der Waals surface area contributed by atoms with Crippen molar-refractivity contribution in [3.8, 4) is 34.3 Å². The van der Waals surface area contributed by atoms with Crippen molar-refractivity contribution >= 4 is 63.4 Å². The summed E-state index contributed by atoms with van der Waals surface area (Å²) in [6.07, 6.45) is 12.2. The van der Waals surface area contributed by atoms with E-state index < -0.39 is 0 Å². The first-order chi connectivity index (χ1) is 33.8. The number of nitrogens with zero attached hydrogens (tertiary/aromatic N) is 10. The number of ketones is 2. The largest absolute Gasteiger partial charge is 0.494 e. The number of aromatic nitrogens is 10. The molecule has 2 aliphatic rings. The standard InChI is InChI=1S/C25H24FN7O2.C19H18ClN5O2.C5H5FN2/c1-14-9-21(28-12-18(14)26)31-22-10-20(17(11-27-22)23(34)15-7-8-15)30-19-6-4-5-16(24(19)35-3)25-29-13-33(2)32-25;1-25-10-22-19(24-25)12-4-3-5-14(18(12)27-2)23-15-8-16(20)21-9-13(15)17(26)11-6-7-11;6-4-1-2-5(7)8-3-4/h4-6,9-13,15H,7-8H2,1-3H3,(H2,27,28,30,31);3-5,8-11H,6-7H2,1-2H3,(H,21,23);1-3H,(H2,7,8). The van der Waals surface area contributed by atoms with Crippen molar-refractivity contribution < 1.29 is 27.8 Å². The average molecular weight is 969 g/mol. The number of carbonyl (C=O) groups excluding carboxylic acids is 2. The number of halogens is 3. The van der Waals surface area contributed by atoms with Crippen molar-refractivity contribution in [2.75, 3.05) is 35.9 Å². The zero-order valence-corrected chi connectivity index (χ0v) is 39.4. The minimum atomic E-state index is -0.384. The number of carbonyl (C=O) groups is 2. The summed E-state index contributed by atoms with van der Waals surface area (Å²) in [7, 11) is 6.76. The number of rotatable bonds is 14. The maximum atomic E-state index is 13.6. The molecule has 0 unspecified atom stereocenters. The van der Waals surface area contributed by atoms with Gasteiger partial charge in [-0.25, -0.2) is 38.7 Å². The Morgan fingerprint density at radius 3 is 1.61 bits per heavy atom. The Labute approximate surface area is 405 Å². The Bertz CT molecular complexity index is 3160. The van der Waals surface area contributed by atoms with Gasteiger partial charge in [-0.05, 0) is 86.7 Å². The number of aryl methyl sites for hydroxylation is 3. The van der Waals surface area contributed by atoms with E-state index in [4.69, 9.17) is 26.8 Å². The van der Waals surface area contributed by atoms with Crippen LogP contribution in [0.5, 0.6) is 11.5 Å². The van der Waals surface area contributed by atoms with E-state index in [9.17, 15) is 18.4 Å². The number of pyridine rings is 4. The van der Waals surface area contributed by atoms with Crippen LogP contribution in [0.1, 0.15) is 52.0 Å². The van der Waals surface area contributed by atoms with Gasteiger partial charge in [0, 0.05) is 44.4 Å². The Morgan fingerprint density at radius 1 is 0.643 bits per heavy atom. The van der Waals surface area contributed by atoms with Gasteiger partial charge < -0.3 is 31.2 Å². The predicted octanol–water partition coefficient (Wildman–Crippen LogP) is 9.49. The molecule has 70 heavy (non-hydrogen) atoms. The minimum absolute atomic E-state index is 0.0172. The normalized spacial score (nSPS) is 12.7. The van der Waals surface area contributed by atoms with E-state index in [1.165, 1.54) is 18.3 Å². The molecule has 10 rings (SSSR count). The van der Waals surface area contributed by atoms with Crippen molar-refractivity contribution in [3.05, 3.63) is 138 Å². The SMILES string of the molecule is COc1c(Nc2cc(Cl)ncc2C(=O)C2CC2)cccc1-c1ncn(C)n1.COc1c(Nc2cc(Nc3cc(C)c(F)cn3)ncc2C(=O)C2CC2)cccc1-c1ncn(C)n1.Nc1ccc(F)cn1. The fraction of sp³-hybridized carbons (Fsp3) is 0.224. The Kier molecular flexibility index (Phi) is 14.6. The Balaban J connectivity index is 0.000000166. The zero-order chi connectivity index (χ0) is 49.5. The molecule has 2 saturated carbocycles. The number of anilines is 7. The van der Waals surface area contributed by atoms with Crippen LogP contribution in [0, 0.1) is 30.4 Å². The zero-order valence-electron chi connectivity index (χ0n) is 38.6. The van der Waals surface area contributed by atoms with Gasteiger partial charge in [0.2, 0.25) is 0 Å². The van der Waals surface area contributed by atoms with Crippen molar-refractivity contribution in [2.24, 2.45) is 25.9 Å². The molecule has 6 heterocycles. The lowest BCUT2D eigenvalue weighted by Crippen LogP contribution is -2.09. The highest BCUT2D eigenvalue weighted by atomic mass is 35.5. The van der Waals surface area contributed by atoms with Crippen LogP contribution < -0.4 is 31.2 Å². The molecular weight excluding hydrogens is 922 g/mol. The van der Waals surface area contributed by atoms with Gasteiger partial charge in [0.1, 0.15) is 46.9 Å². The van der Waals surface area contributed by atoms with Crippen LogP contribution in [-0.4, -0.2) is 75.3 Å². The topological polar surface area (TPSA) is 228 Å². The van der Waals surface area contributed by atoms with Crippen molar-refractivity contribution in [2.45, 2.75) is 32.6 Å². The molecule has 2 aromatic carbocycles. The maximum Gasteiger partial charge on any atom is 0.184 e. The molecule has 2 fully saturated rings. The fourth-order valence-corrected chi connectivity index (χ4v) is 7.25. The van der Waals surface area contributed by atoms with E-state index >= 15 is 0 Å². The molecule has 0 radical (unpaired) electrons. The molecule has 358 valence electrons. The minimum Gasteiger partial charge on any atom is -0.494 e. The molecule has 0 saturated heterocycles. The van der Waals surface area contributed by atoms with E-state index in [1.54, 1.807) is 81.7 Å². The molecule has 2 aliphatic carbocycles. The number of hydrogen-bond donors (Lipinski definition) is 4. The second kappa shape index (κ2) is 21.3. The van der Waals surface area contributed by atoms with E-state index in [2.05, 4.69) is 56.1 Å². The summed E-state index contributed by atoms with van der Waals surface area (Å²) in [5.74, 6) is 2.94. The monoisotopic (exact) mass is 968 g/mol. The van der Waals surface area contributed by atoms with E-state index in [0.29, 0.717) is 90.8 Å².